The van der Waals surface area contributed by atoms with E-state index in [1.165, 1.54) is 7.11 Å². The topological polar surface area (TPSA) is 78.6 Å². The van der Waals surface area contributed by atoms with E-state index in [0.717, 1.165) is 16.9 Å². The molecule has 2 aromatic carbocycles. The number of primary amides is 1. The summed E-state index contributed by atoms with van der Waals surface area (Å²) in [5.41, 5.74) is 6.60. The number of esters is 1. The first-order chi connectivity index (χ1) is 12.0. The van der Waals surface area contributed by atoms with E-state index >= 15 is 0 Å². The molecule has 130 valence electrons. The van der Waals surface area contributed by atoms with Crippen molar-refractivity contribution in [3.63, 3.8) is 0 Å². The highest BCUT2D eigenvalue weighted by molar-refractivity contribution is 5.92. The zero-order valence-electron chi connectivity index (χ0n) is 14.1. The molecule has 0 spiro atoms. The van der Waals surface area contributed by atoms with Crippen molar-refractivity contribution < 1.29 is 19.1 Å². The van der Waals surface area contributed by atoms with E-state index in [1.807, 2.05) is 54.6 Å². The van der Waals surface area contributed by atoms with Crippen molar-refractivity contribution in [2.24, 2.45) is 17.1 Å². The Labute approximate surface area is 146 Å². The molecule has 0 saturated heterocycles. The van der Waals surface area contributed by atoms with Crippen molar-refractivity contribution in [2.45, 2.75) is 19.4 Å². The largest absolute Gasteiger partial charge is 0.489 e. The molecule has 0 unspecified atom stereocenters. The van der Waals surface area contributed by atoms with Crippen LogP contribution in [0.25, 0.3) is 0 Å². The zero-order chi connectivity index (χ0) is 17.9. The average Bonchev–Trinajstić information content (AvgIpc) is 3.37. The number of hydrogen-bond donors (Lipinski definition) is 1. The third-order valence-electron chi connectivity index (χ3n) is 4.70. The number of benzene rings is 2. The molecule has 5 nitrogen and oxygen atoms in total. The van der Waals surface area contributed by atoms with Crippen LogP contribution < -0.4 is 10.5 Å². The molecule has 2 atom stereocenters. The highest BCUT2D eigenvalue weighted by Crippen LogP contribution is 2.55. The molecule has 3 rings (SSSR count). The first kappa shape index (κ1) is 17.0. The maximum absolute atomic E-state index is 12.1. The maximum Gasteiger partial charge on any atom is 0.312 e. The summed E-state index contributed by atoms with van der Waals surface area (Å²) >= 11 is 0. The van der Waals surface area contributed by atoms with Crippen LogP contribution in [0.4, 0.5) is 0 Å². The van der Waals surface area contributed by atoms with Crippen molar-refractivity contribution in [3.05, 3.63) is 65.7 Å². The Morgan fingerprint density at radius 2 is 1.76 bits per heavy atom. The van der Waals surface area contributed by atoms with Gasteiger partial charge in [0.1, 0.15) is 12.4 Å². The quantitative estimate of drug-likeness (QED) is 0.786. The molecule has 0 aliphatic heterocycles. The lowest BCUT2D eigenvalue weighted by molar-refractivity contribution is -0.148. The van der Waals surface area contributed by atoms with Gasteiger partial charge in [0.25, 0.3) is 0 Å². The third-order valence-corrected chi connectivity index (χ3v) is 4.70. The van der Waals surface area contributed by atoms with Crippen molar-refractivity contribution in [1.29, 1.82) is 0 Å². The number of amides is 1. The van der Waals surface area contributed by atoms with E-state index in [4.69, 9.17) is 15.2 Å². The molecule has 1 saturated carbocycles. The zero-order valence-corrected chi connectivity index (χ0v) is 14.1. The lowest BCUT2D eigenvalue weighted by Gasteiger charge is -2.14. The second-order valence-electron chi connectivity index (χ2n) is 6.40. The Morgan fingerprint density at radius 1 is 1.08 bits per heavy atom. The summed E-state index contributed by atoms with van der Waals surface area (Å²) in [6, 6.07) is 17.5. The number of carbonyl (C=O) groups excluding carboxylic acids is 2. The maximum atomic E-state index is 12.1. The van der Waals surface area contributed by atoms with Crippen LogP contribution >= 0.6 is 0 Å². The molecular weight excluding hydrogens is 318 g/mol. The van der Waals surface area contributed by atoms with E-state index < -0.39 is 17.2 Å². The Balaban J connectivity index is 1.64. The molecule has 1 amide bonds. The summed E-state index contributed by atoms with van der Waals surface area (Å²) in [5, 5.41) is 0. The fourth-order valence-corrected chi connectivity index (χ4v) is 3.18. The van der Waals surface area contributed by atoms with Crippen LogP contribution in [0.1, 0.15) is 17.5 Å². The molecule has 25 heavy (non-hydrogen) atoms. The predicted molar refractivity (Wildman–Crippen MR) is 92.7 cm³/mol. The van der Waals surface area contributed by atoms with Crippen molar-refractivity contribution in [3.8, 4) is 5.75 Å². The van der Waals surface area contributed by atoms with Gasteiger partial charge in [0.15, 0.2) is 0 Å². The smallest absolute Gasteiger partial charge is 0.312 e. The number of ether oxygens (including phenoxy) is 2. The van der Waals surface area contributed by atoms with Gasteiger partial charge >= 0.3 is 5.97 Å². The van der Waals surface area contributed by atoms with Gasteiger partial charge in [0.2, 0.25) is 5.91 Å². The first-order valence-corrected chi connectivity index (χ1v) is 8.18. The Hall–Kier alpha value is -2.82. The molecule has 1 aliphatic carbocycles. The van der Waals surface area contributed by atoms with Gasteiger partial charge in [-0.25, -0.2) is 0 Å². The highest BCUT2D eigenvalue weighted by Gasteiger charge is 2.63. The van der Waals surface area contributed by atoms with Crippen LogP contribution in [-0.2, 0) is 27.4 Å². The van der Waals surface area contributed by atoms with E-state index in [2.05, 4.69) is 0 Å². The number of methoxy groups -OCH3 is 1. The molecule has 0 radical (unpaired) electrons. The number of rotatable bonds is 7. The van der Waals surface area contributed by atoms with E-state index in [9.17, 15) is 9.59 Å². The van der Waals surface area contributed by atoms with Gasteiger partial charge in [-0.2, -0.15) is 0 Å². The van der Waals surface area contributed by atoms with Crippen LogP contribution in [-0.4, -0.2) is 19.0 Å². The normalized spacial score (nSPS) is 21.4. The average molecular weight is 339 g/mol. The van der Waals surface area contributed by atoms with Gasteiger partial charge in [-0.15, -0.1) is 0 Å². The molecular formula is C20H21NO4. The standard InChI is InChI=1S/C20H21NO4/c1-24-19(23)20(12-17(20)18(21)22)11-14-7-9-16(10-8-14)25-13-15-5-3-2-4-6-15/h2-10,17H,11-13H2,1H3,(H2,21,22)/t17-,20+/m1/s1. The highest BCUT2D eigenvalue weighted by atomic mass is 16.5. The molecule has 1 aliphatic rings. The summed E-state index contributed by atoms with van der Waals surface area (Å²) in [5.74, 6) is -0.523. The molecule has 5 heteroatoms. The molecule has 0 heterocycles. The minimum Gasteiger partial charge on any atom is -0.489 e. The minimum atomic E-state index is -0.813. The SMILES string of the molecule is COC(=O)[C@@]1(Cc2ccc(OCc3ccccc3)cc2)C[C@@H]1C(N)=O. The minimum absolute atomic E-state index is 0.374. The molecule has 1 fully saturated rings. The fraction of sp³-hybridized carbons (Fsp3) is 0.300. The third kappa shape index (κ3) is 3.65. The van der Waals surface area contributed by atoms with Gasteiger partial charge in [-0.05, 0) is 36.1 Å². The van der Waals surface area contributed by atoms with E-state index in [1.54, 1.807) is 0 Å². The Bertz CT molecular complexity index is 757. The molecule has 2 N–H and O–H groups in total. The van der Waals surface area contributed by atoms with Gasteiger partial charge in [-0.3, -0.25) is 9.59 Å². The lowest BCUT2D eigenvalue weighted by atomic mass is 9.93. The van der Waals surface area contributed by atoms with Gasteiger partial charge in [0.05, 0.1) is 18.4 Å². The predicted octanol–water partition coefficient (Wildman–Crippen LogP) is 2.47. The van der Waals surface area contributed by atoms with Gasteiger partial charge in [-0.1, -0.05) is 42.5 Å². The van der Waals surface area contributed by atoms with Crippen molar-refractivity contribution >= 4 is 11.9 Å². The number of carbonyl (C=O) groups is 2. The first-order valence-electron chi connectivity index (χ1n) is 8.18. The monoisotopic (exact) mass is 339 g/mol. The summed E-state index contributed by atoms with van der Waals surface area (Å²) < 4.78 is 10.6. The summed E-state index contributed by atoms with van der Waals surface area (Å²) in [6.07, 6.45) is 0.882. The molecule has 0 bridgehead atoms. The van der Waals surface area contributed by atoms with Crippen LogP contribution in [0.2, 0.25) is 0 Å². The van der Waals surface area contributed by atoms with E-state index in [0.29, 0.717) is 19.4 Å². The fourth-order valence-electron chi connectivity index (χ4n) is 3.18. The number of hydrogen-bond acceptors (Lipinski definition) is 4. The molecule has 2 aromatic rings. The van der Waals surface area contributed by atoms with E-state index in [-0.39, 0.29) is 5.97 Å². The number of nitrogens with two attached hydrogens (primary N) is 1. The van der Waals surface area contributed by atoms with Crippen LogP contribution in [0.3, 0.4) is 0 Å². The second-order valence-corrected chi connectivity index (χ2v) is 6.40. The summed E-state index contributed by atoms with van der Waals surface area (Å²) in [6.45, 7) is 0.496. The summed E-state index contributed by atoms with van der Waals surface area (Å²) in [7, 11) is 1.33. The second kappa shape index (κ2) is 6.97. The van der Waals surface area contributed by atoms with Crippen LogP contribution in [0.5, 0.6) is 5.75 Å². The van der Waals surface area contributed by atoms with Crippen LogP contribution in [0, 0.1) is 11.3 Å². The van der Waals surface area contributed by atoms with Gasteiger partial charge < -0.3 is 15.2 Å². The Morgan fingerprint density at radius 3 is 2.32 bits per heavy atom. The lowest BCUT2D eigenvalue weighted by Crippen LogP contribution is -2.28. The molecule has 0 aromatic heterocycles. The van der Waals surface area contributed by atoms with Crippen molar-refractivity contribution in [2.75, 3.05) is 7.11 Å². The summed E-state index contributed by atoms with van der Waals surface area (Å²) in [4.78, 5) is 23.5. The van der Waals surface area contributed by atoms with Gasteiger partial charge in [0, 0.05) is 0 Å². The van der Waals surface area contributed by atoms with Crippen molar-refractivity contribution in [1.82, 2.24) is 0 Å². The van der Waals surface area contributed by atoms with Crippen LogP contribution in [0.15, 0.2) is 54.6 Å². The Kier molecular flexibility index (Phi) is 4.74.